The van der Waals surface area contributed by atoms with Crippen LogP contribution in [0.25, 0.3) is 6.08 Å². The Morgan fingerprint density at radius 3 is 2.81 bits per heavy atom. The van der Waals surface area contributed by atoms with Gasteiger partial charge in [-0.15, -0.1) is 0 Å². The molecule has 0 aromatic carbocycles. The highest BCUT2D eigenvalue weighted by Crippen LogP contribution is 2.23. The van der Waals surface area contributed by atoms with Crippen LogP contribution in [0.4, 0.5) is 0 Å². The molecule has 1 aliphatic rings. The van der Waals surface area contributed by atoms with Crippen molar-refractivity contribution in [3.8, 4) is 0 Å². The van der Waals surface area contributed by atoms with Crippen molar-refractivity contribution in [2.24, 2.45) is 5.92 Å². The second-order valence-corrected chi connectivity index (χ2v) is 8.11. The van der Waals surface area contributed by atoms with Gasteiger partial charge in [-0.25, -0.2) is 8.42 Å². The van der Waals surface area contributed by atoms with Gasteiger partial charge in [-0.3, -0.25) is 9.78 Å². The van der Waals surface area contributed by atoms with Crippen LogP contribution in [0.15, 0.2) is 58.5 Å². The Balaban J connectivity index is 1.46. The molecule has 1 N–H and O–H groups in total. The summed E-state index contributed by atoms with van der Waals surface area (Å²) in [6.07, 6.45) is 10.6. The van der Waals surface area contributed by atoms with Gasteiger partial charge in [0.05, 0.1) is 12.5 Å². The van der Waals surface area contributed by atoms with Gasteiger partial charge in [0.25, 0.3) is 0 Å². The molecule has 0 bridgehead atoms. The molecule has 0 atom stereocenters. The summed E-state index contributed by atoms with van der Waals surface area (Å²) < 4.78 is 31.5. The third-order valence-corrected chi connectivity index (χ3v) is 6.26. The zero-order valence-corrected chi connectivity index (χ0v) is 15.1. The molecule has 26 heavy (non-hydrogen) atoms. The Kier molecular flexibility index (Phi) is 5.85. The number of carbonyl (C=O) groups is 1. The number of nitrogens with one attached hydrogen (secondary N) is 1. The summed E-state index contributed by atoms with van der Waals surface area (Å²) in [5.74, 6) is 0.0956. The Morgan fingerprint density at radius 1 is 1.35 bits per heavy atom. The van der Waals surface area contributed by atoms with Crippen LogP contribution in [-0.2, 0) is 14.8 Å². The van der Waals surface area contributed by atoms with Gasteiger partial charge in [0.2, 0.25) is 15.9 Å². The summed E-state index contributed by atoms with van der Waals surface area (Å²) in [7, 11) is -3.49. The largest absolute Gasteiger partial charge is 0.472 e. The number of nitrogens with zero attached hydrogens (tertiary/aromatic N) is 2. The number of carbonyl (C=O) groups excluding carboxylic acids is 1. The summed E-state index contributed by atoms with van der Waals surface area (Å²) in [5.41, 5.74) is 0.828. The van der Waals surface area contributed by atoms with Crippen molar-refractivity contribution in [2.45, 2.75) is 17.7 Å². The molecule has 2 aromatic rings. The van der Waals surface area contributed by atoms with Crippen LogP contribution in [0.5, 0.6) is 0 Å². The first-order valence-electron chi connectivity index (χ1n) is 8.44. The van der Waals surface area contributed by atoms with E-state index in [1.54, 1.807) is 43.0 Å². The molecule has 2 aromatic heterocycles. The fourth-order valence-corrected chi connectivity index (χ4v) is 4.28. The van der Waals surface area contributed by atoms with Crippen LogP contribution in [0, 0.1) is 5.92 Å². The van der Waals surface area contributed by atoms with Gasteiger partial charge < -0.3 is 9.73 Å². The van der Waals surface area contributed by atoms with E-state index < -0.39 is 10.0 Å². The maximum Gasteiger partial charge on any atom is 0.244 e. The Hall–Kier alpha value is -2.45. The summed E-state index contributed by atoms with van der Waals surface area (Å²) in [6, 6.07) is 4.94. The summed E-state index contributed by atoms with van der Waals surface area (Å²) in [6.45, 7) is 1.43. The van der Waals surface area contributed by atoms with E-state index in [1.807, 2.05) is 0 Å². The molecule has 0 spiro atoms. The lowest BCUT2D eigenvalue weighted by molar-refractivity contribution is -0.116. The van der Waals surface area contributed by atoms with Crippen LogP contribution in [0.2, 0.25) is 0 Å². The lowest BCUT2D eigenvalue weighted by Gasteiger charge is -2.31. The zero-order valence-electron chi connectivity index (χ0n) is 14.2. The van der Waals surface area contributed by atoms with E-state index in [4.69, 9.17) is 4.42 Å². The topological polar surface area (TPSA) is 92.5 Å². The van der Waals surface area contributed by atoms with Crippen molar-refractivity contribution < 1.29 is 17.6 Å². The van der Waals surface area contributed by atoms with Crippen molar-refractivity contribution >= 4 is 22.0 Å². The van der Waals surface area contributed by atoms with Crippen LogP contribution in [-0.4, -0.2) is 43.2 Å². The minimum absolute atomic E-state index is 0.170. The summed E-state index contributed by atoms with van der Waals surface area (Å²) in [4.78, 5) is 15.9. The van der Waals surface area contributed by atoms with Crippen molar-refractivity contribution in [1.82, 2.24) is 14.6 Å². The molecular weight excluding hydrogens is 354 g/mol. The maximum atomic E-state index is 12.6. The molecule has 8 heteroatoms. The average Bonchev–Trinajstić information content (AvgIpc) is 3.19. The normalized spacial score (nSPS) is 16.8. The molecule has 1 saturated heterocycles. The molecule has 138 valence electrons. The predicted octanol–water partition coefficient (Wildman–Crippen LogP) is 1.90. The first kappa shape index (κ1) is 18.3. The molecule has 7 nitrogen and oxygen atoms in total. The van der Waals surface area contributed by atoms with Gasteiger partial charge in [0.1, 0.15) is 4.90 Å². The third-order valence-electron chi connectivity index (χ3n) is 4.38. The highest BCUT2D eigenvalue weighted by atomic mass is 32.2. The Bertz CT molecular complexity index is 840. The minimum atomic E-state index is -3.49. The zero-order chi connectivity index (χ0) is 18.4. The molecule has 1 fully saturated rings. The fraction of sp³-hybridized carbons (Fsp3) is 0.333. The van der Waals surface area contributed by atoms with Crippen LogP contribution < -0.4 is 5.32 Å². The molecule has 0 unspecified atom stereocenters. The first-order valence-corrected chi connectivity index (χ1v) is 9.88. The number of piperidine rings is 1. The lowest BCUT2D eigenvalue weighted by Crippen LogP contribution is -2.41. The number of hydrogen-bond donors (Lipinski definition) is 1. The lowest BCUT2D eigenvalue weighted by atomic mass is 9.98. The van der Waals surface area contributed by atoms with Gasteiger partial charge >= 0.3 is 0 Å². The number of pyridine rings is 1. The molecule has 3 heterocycles. The van der Waals surface area contributed by atoms with Crippen molar-refractivity contribution in [3.05, 3.63) is 54.8 Å². The number of sulfonamides is 1. The van der Waals surface area contributed by atoms with E-state index in [0.717, 1.165) is 5.56 Å². The molecule has 0 aliphatic carbocycles. The third kappa shape index (κ3) is 4.59. The van der Waals surface area contributed by atoms with Crippen molar-refractivity contribution in [2.75, 3.05) is 19.6 Å². The van der Waals surface area contributed by atoms with Gasteiger partial charge in [0.15, 0.2) is 0 Å². The van der Waals surface area contributed by atoms with E-state index in [-0.39, 0.29) is 16.7 Å². The predicted molar refractivity (Wildman–Crippen MR) is 96.5 cm³/mol. The Labute approximate surface area is 152 Å². The number of furan rings is 1. The summed E-state index contributed by atoms with van der Waals surface area (Å²) in [5, 5.41) is 2.87. The second kappa shape index (κ2) is 8.29. The number of hydrogen-bond acceptors (Lipinski definition) is 5. The smallest absolute Gasteiger partial charge is 0.244 e. The standard InChI is InChI=1S/C18H21N3O4S/c22-18(4-3-16-7-11-25-14-16)20-12-15-5-9-21(10-6-15)26(23,24)17-2-1-8-19-13-17/h1-4,7-8,11,13-15H,5-6,9-10,12H2,(H,20,22)/b4-3+. The minimum Gasteiger partial charge on any atom is -0.472 e. The molecule has 1 amide bonds. The van der Waals surface area contributed by atoms with Gasteiger partial charge in [0, 0.05) is 43.7 Å². The molecule has 3 rings (SSSR count). The quantitative estimate of drug-likeness (QED) is 0.779. The average molecular weight is 375 g/mol. The molecular formula is C18H21N3O4S. The fourth-order valence-electron chi connectivity index (χ4n) is 2.85. The van der Waals surface area contributed by atoms with E-state index in [0.29, 0.717) is 32.5 Å². The maximum absolute atomic E-state index is 12.6. The second-order valence-electron chi connectivity index (χ2n) is 6.17. The van der Waals surface area contributed by atoms with E-state index in [2.05, 4.69) is 10.3 Å². The highest BCUT2D eigenvalue weighted by molar-refractivity contribution is 7.89. The van der Waals surface area contributed by atoms with Crippen LogP contribution >= 0.6 is 0 Å². The molecule has 0 radical (unpaired) electrons. The van der Waals surface area contributed by atoms with Crippen LogP contribution in [0.1, 0.15) is 18.4 Å². The monoisotopic (exact) mass is 375 g/mol. The Morgan fingerprint density at radius 2 is 2.15 bits per heavy atom. The van der Waals surface area contributed by atoms with Gasteiger partial charge in [-0.2, -0.15) is 4.31 Å². The summed E-state index contributed by atoms with van der Waals surface area (Å²) >= 11 is 0. The van der Waals surface area contributed by atoms with Gasteiger partial charge in [-0.05, 0) is 43.0 Å². The van der Waals surface area contributed by atoms with Crippen molar-refractivity contribution in [3.63, 3.8) is 0 Å². The van der Waals surface area contributed by atoms with Crippen molar-refractivity contribution in [1.29, 1.82) is 0 Å². The highest BCUT2D eigenvalue weighted by Gasteiger charge is 2.29. The molecule has 0 saturated carbocycles. The SMILES string of the molecule is O=C(/C=C/c1ccoc1)NCC1CCN(S(=O)(=O)c2cccnc2)CC1. The van der Waals surface area contributed by atoms with E-state index in [9.17, 15) is 13.2 Å². The number of amides is 1. The van der Waals surface area contributed by atoms with Crippen LogP contribution in [0.3, 0.4) is 0 Å². The van der Waals surface area contributed by atoms with E-state index in [1.165, 1.54) is 16.6 Å². The number of rotatable bonds is 6. The molecule has 1 aliphatic heterocycles. The van der Waals surface area contributed by atoms with Gasteiger partial charge in [-0.1, -0.05) is 0 Å². The first-order chi connectivity index (χ1) is 12.6. The number of aromatic nitrogens is 1. The van der Waals surface area contributed by atoms with E-state index >= 15 is 0 Å².